The molecule has 1 saturated carbocycles. The van der Waals surface area contributed by atoms with E-state index >= 15 is 0 Å². The van der Waals surface area contributed by atoms with Gasteiger partial charge >= 0.3 is 0 Å². The van der Waals surface area contributed by atoms with Crippen molar-refractivity contribution in [3.05, 3.63) is 32.7 Å². The quantitative estimate of drug-likeness (QED) is 0.938. The molecule has 1 fully saturated rings. The zero-order valence-electron chi connectivity index (χ0n) is 13.8. The highest BCUT2D eigenvalue weighted by Crippen LogP contribution is 2.28. The second kappa shape index (κ2) is 6.31. The summed E-state index contributed by atoms with van der Waals surface area (Å²) in [7, 11) is 1.88. The molecule has 2 aromatic rings. The van der Waals surface area contributed by atoms with Gasteiger partial charge in [0.15, 0.2) is 0 Å². The van der Waals surface area contributed by atoms with Crippen molar-refractivity contribution in [3.8, 4) is 0 Å². The fourth-order valence-corrected chi connectivity index (χ4v) is 3.80. The molecule has 3 rings (SSSR count). The van der Waals surface area contributed by atoms with Crippen molar-refractivity contribution in [3.63, 3.8) is 0 Å². The average Bonchev–Trinajstić information content (AvgIpc) is 3.06. The number of carbonyl (C=O) groups is 1. The van der Waals surface area contributed by atoms with Crippen molar-refractivity contribution in [2.24, 2.45) is 7.05 Å². The van der Waals surface area contributed by atoms with Gasteiger partial charge in [0.2, 0.25) is 0 Å². The van der Waals surface area contributed by atoms with Crippen LogP contribution in [0, 0.1) is 13.8 Å². The molecular weight excluding hydrogens is 312 g/mol. The van der Waals surface area contributed by atoms with Gasteiger partial charge in [0.25, 0.3) is 11.5 Å². The highest BCUT2D eigenvalue weighted by atomic mass is 32.1. The van der Waals surface area contributed by atoms with Gasteiger partial charge in [-0.2, -0.15) is 4.37 Å². The van der Waals surface area contributed by atoms with Crippen molar-refractivity contribution < 1.29 is 4.79 Å². The smallest absolute Gasteiger partial charge is 0.291 e. The average molecular weight is 334 g/mol. The number of aromatic nitrogens is 3. The second-order valence-corrected chi connectivity index (χ2v) is 7.21. The molecule has 124 valence electrons. The number of amides is 1. The Balaban J connectivity index is 1.91. The first-order valence-corrected chi connectivity index (χ1v) is 8.79. The maximum Gasteiger partial charge on any atom is 0.291 e. The summed E-state index contributed by atoms with van der Waals surface area (Å²) < 4.78 is 7.78. The van der Waals surface area contributed by atoms with E-state index in [-0.39, 0.29) is 17.5 Å². The van der Waals surface area contributed by atoms with Crippen LogP contribution in [0.1, 0.15) is 59.2 Å². The molecule has 0 atom stereocenters. The van der Waals surface area contributed by atoms with Crippen LogP contribution in [-0.4, -0.2) is 19.6 Å². The third-order valence-corrected chi connectivity index (χ3v) is 5.31. The van der Waals surface area contributed by atoms with E-state index in [4.69, 9.17) is 0 Å². The summed E-state index contributed by atoms with van der Waals surface area (Å²) in [6.45, 7) is 3.76. The van der Waals surface area contributed by atoms with E-state index in [1.165, 1.54) is 18.0 Å². The van der Waals surface area contributed by atoms with Crippen molar-refractivity contribution in [1.29, 1.82) is 0 Å². The topological polar surface area (TPSA) is 68.9 Å². The van der Waals surface area contributed by atoms with Crippen LogP contribution in [0.4, 0.5) is 5.69 Å². The zero-order chi connectivity index (χ0) is 16.6. The summed E-state index contributed by atoms with van der Waals surface area (Å²) in [4.78, 5) is 26.1. The molecule has 2 aromatic heterocycles. The summed E-state index contributed by atoms with van der Waals surface area (Å²) in [5.74, 6) is -0.323. The molecule has 1 aliphatic carbocycles. The van der Waals surface area contributed by atoms with Crippen LogP contribution in [0.2, 0.25) is 0 Å². The first-order valence-electron chi connectivity index (χ1n) is 8.02. The number of nitrogens with one attached hydrogen (secondary N) is 1. The van der Waals surface area contributed by atoms with Crippen molar-refractivity contribution in [1.82, 2.24) is 13.7 Å². The molecular formula is C16H22N4O2S. The van der Waals surface area contributed by atoms with Gasteiger partial charge < -0.3 is 5.32 Å². The Bertz CT molecular complexity index is 781. The van der Waals surface area contributed by atoms with Gasteiger partial charge in [-0.3, -0.25) is 14.3 Å². The Hall–Kier alpha value is -1.89. The van der Waals surface area contributed by atoms with Crippen LogP contribution in [-0.2, 0) is 7.05 Å². The highest BCUT2D eigenvalue weighted by Gasteiger charge is 2.24. The summed E-state index contributed by atoms with van der Waals surface area (Å²) in [6, 6.07) is 1.96. The minimum atomic E-state index is -0.323. The molecule has 1 aliphatic rings. The number of aryl methyl sites for hydroxylation is 1. The molecule has 2 heterocycles. The van der Waals surface area contributed by atoms with Gasteiger partial charge in [0, 0.05) is 11.9 Å². The van der Waals surface area contributed by atoms with Gasteiger partial charge in [-0.05, 0) is 44.3 Å². The highest BCUT2D eigenvalue weighted by molar-refractivity contribution is 7.05. The molecule has 0 radical (unpaired) electrons. The lowest BCUT2D eigenvalue weighted by molar-refractivity contribution is 0.102. The Labute approximate surface area is 139 Å². The summed E-state index contributed by atoms with van der Waals surface area (Å²) in [5.41, 5.74) is 1.39. The first-order chi connectivity index (χ1) is 11.0. The van der Waals surface area contributed by atoms with Gasteiger partial charge in [-0.25, -0.2) is 4.68 Å². The molecule has 0 aliphatic heterocycles. The zero-order valence-corrected chi connectivity index (χ0v) is 14.6. The number of hydrogen-bond acceptors (Lipinski definition) is 4. The largest absolute Gasteiger partial charge is 0.314 e. The number of nitrogens with zero attached hydrogens (tertiary/aromatic N) is 3. The molecule has 0 spiro atoms. The number of hydrogen-bond donors (Lipinski definition) is 1. The molecule has 0 aromatic carbocycles. The molecule has 1 amide bonds. The van der Waals surface area contributed by atoms with E-state index in [0.717, 1.165) is 36.3 Å². The van der Waals surface area contributed by atoms with E-state index in [2.05, 4.69) is 9.69 Å². The standard InChI is InChI=1S/C16H22N4O2S/c1-10-9-13(18-23-10)15(21)17-14-11(2)19(3)20(16(14)22)12-7-5-4-6-8-12/h9,12H,4-8H2,1-3H3,(H,17,21). The number of carbonyl (C=O) groups excluding carboxylic acids is 1. The summed E-state index contributed by atoms with van der Waals surface area (Å²) in [6.07, 6.45) is 5.59. The first kappa shape index (κ1) is 16.0. The molecule has 1 N–H and O–H groups in total. The third-order valence-electron chi connectivity index (χ3n) is 4.61. The van der Waals surface area contributed by atoms with Gasteiger partial charge in [-0.15, -0.1) is 0 Å². The van der Waals surface area contributed by atoms with E-state index in [1.54, 1.807) is 10.7 Å². The lowest BCUT2D eigenvalue weighted by atomic mass is 9.96. The third kappa shape index (κ3) is 2.97. The fraction of sp³-hybridized carbons (Fsp3) is 0.562. The number of rotatable bonds is 3. The fourth-order valence-electron chi connectivity index (χ4n) is 3.26. The number of anilines is 1. The van der Waals surface area contributed by atoms with E-state index in [0.29, 0.717) is 11.4 Å². The molecule has 0 unspecified atom stereocenters. The van der Waals surface area contributed by atoms with Crippen LogP contribution < -0.4 is 10.9 Å². The van der Waals surface area contributed by atoms with Crippen molar-refractivity contribution in [2.75, 3.05) is 5.32 Å². The Morgan fingerprint density at radius 1 is 1.30 bits per heavy atom. The Morgan fingerprint density at radius 2 is 2.00 bits per heavy atom. The minimum absolute atomic E-state index is 0.114. The monoisotopic (exact) mass is 334 g/mol. The molecule has 23 heavy (non-hydrogen) atoms. The van der Waals surface area contributed by atoms with Gasteiger partial charge in [-0.1, -0.05) is 19.3 Å². The molecule has 7 heteroatoms. The van der Waals surface area contributed by atoms with Crippen LogP contribution >= 0.6 is 11.5 Å². The normalized spacial score (nSPS) is 15.8. The van der Waals surface area contributed by atoms with E-state index in [9.17, 15) is 9.59 Å². The van der Waals surface area contributed by atoms with E-state index in [1.807, 2.05) is 25.6 Å². The lowest BCUT2D eigenvalue weighted by Gasteiger charge is -2.24. The van der Waals surface area contributed by atoms with Crippen LogP contribution in [0.25, 0.3) is 0 Å². The molecule has 6 nitrogen and oxygen atoms in total. The SMILES string of the molecule is Cc1cc(C(=O)Nc2c(C)n(C)n(C3CCCCC3)c2=O)ns1. The van der Waals surface area contributed by atoms with Crippen LogP contribution in [0.3, 0.4) is 0 Å². The predicted molar refractivity (Wildman–Crippen MR) is 91.3 cm³/mol. The Morgan fingerprint density at radius 3 is 2.61 bits per heavy atom. The predicted octanol–water partition coefficient (Wildman–Crippen LogP) is 3.02. The maximum absolute atomic E-state index is 12.8. The van der Waals surface area contributed by atoms with E-state index < -0.39 is 0 Å². The van der Waals surface area contributed by atoms with Crippen molar-refractivity contribution in [2.45, 2.75) is 52.0 Å². The molecule has 0 bridgehead atoms. The summed E-state index contributed by atoms with van der Waals surface area (Å²) in [5, 5.41) is 2.76. The Kier molecular flexibility index (Phi) is 4.39. The van der Waals surface area contributed by atoms with Crippen LogP contribution in [0.15, 0.2) is 10.9 Å². The second-order valence-electron chi connectivity index (χ2n) is 6.20. The van der Waals surface area contributed by atoms with Gasteiger partial charge in [0.1, 0.15) is 11.4 Å². The van der Waals surface area contributed by atoms with Gasteiger partial charge in [0.05, 0.1) is 11.7 Å². The van der Waals surface area contributed by atoms with Crippen LogP contribution in [0.5, 0.6) is 0 Å². The minimum Gasteiger partial charge on any atom is -0.314 e. The van der Waals surface area contributed by atoms with Crippen molar-refractivity contribution >= 4 is 23.1 Å². The molecule has 0 saturated heterocycles. The lowest BCUT2D eigenvalue weighted by Crippen LogP contribution is -2.29. The maximum atomic E-state index is 12.8. The summed E-state index contributed by atoms with van der Waals surface area (Å²) >= 11 is 1.28.